The van der Waals surface area contributed by atoms with E-state index in [2.05, 4.69) is 32.9 Å². The van der Waals surface area contributed by atoms with Gasteiger partial charge in [-0.2, -0.15) is 0 Å². The lowest BCUT2D eigenvalue weighted by molar-refractivity contribution is 0.186. The Morgan fingerprint density at radius 1 is 0.793 bits per heavy atom. The third-order valence-corrected chi connectivity index (χ3v) is 7.04. The summed E-state index contributed by atoms with van der Waals surface area (Å²) in [6.45, 7) is 8.99. The Balaban J connectivity index is 1.12. The molecule has 0 saturated carbocycles. The van der Waals surface area contributed by atoms with Gasteiger partial charge >= 0.3 is 0 Å². The van der Waals surface area contributed by atoms with Crippen LogP contribution in [0.2, 0.25) is 5.02 Å². The molecule has 1 aromatic heterocycles. The number of aromatic nitrogens is 1. The molecule has 5 rings (SSSR count). The predicted octanol–water partition coefficient (Wildman–Crippen LogP) is 3.79. The van der Waals surface area contributed by atoms with Crippen LogP contribution in [0.1, 0.15) is 35.4 Å². The zero-order chi connectivity index (χ0) is 19.6. The van der Waals surface area contributed by atoms with Crippen LogP contribution in [0.5, 0.6) is 0 Å². The maximum Gasteiger partial charge on any atom is 0.0464 e. The Morgan fingerprint density at radius 2 is 1.59 bits per heavy atom. The average Bonchev–Trinajstić information content (AvgIpc) is 2.76. The van der Waals surface area contributed by atoms with E-state index in [1.165, 1.54) is 53.9 Å². The molecule has 1 aromatic carbocycles. The first-order chi connectivity index (χ1) is 14.2. The molecule has 1 aliphatic carbocycles. The molecule has 1 saturated heterocycles. The number of fused-ring (bicyclic) bond motifs is 2. The number of hydrogen-bond donors (Lipinski definition) is 0. The molecule has 0 bridgehead atoms. The quantitative estimate of drug-likeness (QED) is 0.764. The van der Waals surface area contributed by atoms with E-state index in [9.17, 15) is 0 Å². The van der Waals surface area contributed by atoms with Gasteiger partial charge in [-0.1, -0.05) is 23.7 Å². The number of benzene rings is 1. The fourth-order valence-electron chi connectivity index (χ4n) is 5.04. The first-order valence-corrected chi connectivity index (χ1v) is 11.6. The second-order valence-electron chi connectivity index (χ2n) is 8.74. The summed E-state index contributed by atoms with van der Waals surface area (Å²) in [7, 11) is 0. The normalized spacial score (nSPS) is 20.4. The minimum absolute atomic E-state index is 0.825. The fraction of sp³-hybridized carbons (Fsp3) is 0.542. The van der Waals surface area contributed by atoms with E-state index in [0.717, 1.165) is 63.8 Å². The highest BCUT2D eigenvalue weighted by Crippen LogP contribution is 2.26. The molecule has 3 aliphatic rings. The van der Waals surface area contributed by atoms with Crippen molar-refractivity contribution in [2.24, 2.45) is 0 Å². The second kappa shape index (κ2) is 8.63. The molecule has 2 aliphatic heterocycles. The summed E-state index contributed by atoms with van der Waals surface area (Å²) >= 11 is 6.16. The summed E-state index contributed by atoms with van der Waals surface area (Å²) in [6.07, 6.45) is 6.18. The molecule has 5 heteroatoms. The number of aryl methyl sites for hydroxylation is 2. The van der Waals surface area contributed by atoms with Gasteiger partial charge in [0.25, 0.3) is 0 Å². The standard InChI is InChI=1S/C24H31ClN4/c25-21-5-3-6-22(17-21)29-14-12-27(13-15-29)10-11-28-9-8-24-20(18-28)16-19-4-1-2-7-23(19)26-24/h3,5-6,16-17H,1-2,4,7-15,18H2. The van der Waals surface area contributed by atoms with Gasteiger partial charge in [0.2, 0.25) is 0 Å². The average molecular weight is 411 g/mol. The molecule has 29 heavy (non-hydrogen) atoms. The molecule has 154 valence electrons. The van der Waals surface area contributed by atoms with Crippen molar-refractivity contribution < 1.29 is 0 Å². The minimum atomic E-state index is 0.825. The van der Waals surface area contributed by atoms with E-state index in [1.807, 2.05) is 12.1 Å². The van der Waals surface area contributed by atoms with Crippen LogP contribution in [0.15, 0.2) is 30.3 Å². The first kappa shape index (κ1) is 19.3. The summed E-state index contributed by atoms with van der Waals surface area (Å²) in [6, 6.07) is 10.7. The van der Waals surface area contributed by atoms with Crippen LogP contribution >= 0.6 is 11.6 Å². The van der Waals surface area contributed by atoms with Crippen LogP contribution in [-0.2, 0) is 25.8 Å². The topological polar surface area (TPSA) is 22.6 Å². The lowest BCUT2D eigenvalue weighted by atomic mass is 9.92. The van der Waals surface area contributed by atoms with Crippen molar-refractivity contribution in [3.63, 3.8) is 0 Å². The molecule has 0 atom stereocenters. The van der Waals surface area contributed by atoms with Crippen LogP contribution in [0.25, 0.3) is 0 Å². The van der Waals surface area contributed by atoms with Crippen LogP contribution in [-0.4, -0.2) is 60.6 Å². The van der Waals surface area contributed by atoms with Crippen molar-refractivity contribution in [1.29, 1.82) is 0 Å². The van der Waals surface area contributed by atoms with Crippen molar-refractivity contribution in [3.05, 3.63) is 57.9 Å². The van der Waals surface area contributed by atoms with E-state index in [-0.39, 0.29) is 0 Å². The third kappa shape index (κ3) is 4.45. The highest BCUT2D eigenvalue weighted by molar-refractivity contribution is 6.30. The molecule has 0 spiro atoms. The maximum absolute atomic E-state index is 6.16. The third-order valence-electron chi connectivity index (χ3n) is 6.81. The summed E-state index contributed by atoms with van der Waals surface area (Å²) in [5.41, 5.74) is 7.02. The molecule has 0 amide bonds. The predicted molar refractivity (Wildman–Crippen MR) is 120 cm³/mol. The number of rotatable bonds is 4. The van der Waals surface area contributed by atoms with E-state index in [4.69, 9.17) is 16.6 Å². The zero-order valence-electron chi connectivity index (χ0n) is 17.2. The highest BCUT2D eigenvalue weighted by atomic mass is 35.5. The SMILES string of the molecule is Clc1cccc(N2CCN(CCN3CCc4nc5c(cc4C3)CCCC5)CC2)c1. The smallest absolute Gasteiger partial charge is 0.0464 e. The molecular formula is C24H31ClN4. The summed E-state index contributed by atoms with van der Waals surface area (Å²) in [4.78, 5) is 12.7. The van der Waals surface area contributed by atoms with Gasteiger partial charge in [-0.15, -0.1) is 0 Å². The lowest BCUT2D eigenvalue weighted by Crippen LogP contribution is -2.48. The first-order valence-electron chi connectivity index (χ1n) is 11.2. The molecule has 0 radical (unpaired) electrons. The van der Waals surface area contributed by atoms with E-state index < -0.39 is 0 Å². The molecule has 0 N–H and O–H groups in total. The van der Waals surface area contributed by atoms with Crippen molar-refractivity contribution in [2.75, 3.05) is 50.7 Å². The summed E-state index contributed by atoms with van der Waals surface area (Å²) in [5, 5.41) is 0.825. The van der Waals surface area contributed by atoms with Gasteiger partial charge in [0.1, 0.15) is 0 Å². The van der Waals surface area contributed by atoms with Crippen LogP contribution in [0.4, 0.5) is 5.69 Å². The Hall–Kier alpha value is -1.62. The van der Waals surface area contributed by atoms with Crippen molar-refractivity contribution in [1.82, 2.24) is 14.8 Å². The van der Waals surface area contributed by atoms with Gasteiger partial charge in [-0.3, -0.25) is 14.8 Å². The minimum Gasteiger partial charge on any atom is -0.369 e. The van der Waals surface area contributed by atoms with Crippen LogP contribution in [0, 0.1) is 0 Å². The molecule has 1 fully saturated rings. The van der Waals surface area contributed by atoms with Crippen molar-refractivity contribution >= 4 is 17.3 Å². The summed E-state index contributed by atoms with van der Waals surface area (Å²) in [5.74, 6) is 0. The Bertz CT molecular complexity index is 860. The van der Waals surface area contributed by atoms with E-state index >= 15 is 0 Å². The number of hydrogen-bond acceptors (Lipinski definition) is 4. The van der Waals surface area contributed by atoms with Crippen molar-refractivity contribution in [2.45, 2.75) is 38.6 Å². The molecule has 3 heterocycles. The van der Waals surface area contributed by atoms with Gasteiger partial charge in [0, 0.05) is 80.9 Å². The van der Waals surface area contributed by atoms with Gasteiger partial charge < -0.3 is 4.90 Å². The maximum atomic E-state index is 6.16. The molecule has 0 unspecified atom stereocenters. The molecule has 4 nitrogen and oxygen atoms in total. The van der Waals surface area contributed by atoms with Gasteiger partial charge in [0.05, 0.1) is 0 Å². The Kier molecular flexibility index (Phi) is 5.76. The number of anilines is 1. The Labute approximate surface area is 179 Å². The van der Waals surface area contributed by atoms with Gasteiger partial charge in [-0.25, -0.2) is 0 Å². The number of pyridine rings is 1. The number of halogens is 1. The second-order valence-corrected chi connectivity index (χ2v) is 9.18. The number of piperazine rings is 1. The molecular weight excluding hydrogens is 380 g/mol. The van der Waals surface area contributed by atoms with Gasteiger partial charge in [0.15, 0.2) is 0 Å². The largest absolute Gasteiger partial charge is 0.369 e. The number of nitrogens with zero attached hydrogens (tertiary/aromatic N) is 4. The van der Waals surface area contributed by atoms with Crippen LogP contribution in [0.3, 0.4) is 0 Å². The summed E-state index contributed by atoms with van der Waals surface area (Å²) < 4.78 is 0. The van der Waals surface area contributed by atoms with Crippen molar-refractivity contribution in [3.8, 4) is 0 Å². The lowest BCUT2D eigenvalue weighted by Gasteiger charge is -2.37. The Morgan fingerprint density at radius 3 is 2.45 bits per heavy atom. The molecule has 2 aromatic rings. The zero-order valence-corrected chi connectivity index (χ0v) is 18.0. The fourth-order valence-corrected chi connectivity index (χ4v) is 5.22. The van der Waals surface area contributed by atoms with Gasteiger partial charge in [-0.05, 0) is 55.0 Å². The van der Waals surface area contributed by atoms with E-state index in [1.54, 1.807) is 0 Å². The van der Waals surface area contributed by atoms with Crippen LogP contribution < -0.4 is 4.90 Å². The highest BCUT2D eigenvalue weighted by Gasteiger charge is 2.22. The van der Waals surface area contributed by atoms with E-state index in [0.29, 0.717) is 0 Å². The monoisotopic (exact) mass is 410 g/mol.